The first kappa shape index (κ1) is 17.4. The van der Waals surface area contributed by atoms with Gasteiger partial charge in [0.25, 0.3) is 5.91 Å². The van der Waals surface area contributed by atoms with Gasteiger partial charge in [-0.3, -0.25) is 4.79 Å². The molecule has 0 saturated carbocycles. The first-order chi connectivity index (χ1) is 11.3. The fourth-order valence-corrected chi connectivity index (χ4v) is 1.82. The van der Waals surface area contributed by atoms with Gasteiger partial charge in [-0.2, -0.15) is 23.1 Å². The first-order valence-corrected chi connectivity index (χ1v) is 6.62. The summed E-state index contributed by atoms with van der Waals surface area (Å²) in [5, 5.41) is 2.33. The van der Waals surface area contributed by atoms with Crippen LogP contribution in [-0.4, -0.2) is 35.1 Å². The van der Waals surface area contributed by atoms with Gasteiger partial charge in [0.2, 0.25) is 0 Å². The Balaban J connectivity index is 2.17. The molecule has 1 amide bonds. The van der Waals surface area contributed by atoms with Crippen molar-refractivity contribution in [1.82, 2.24) is 20.3 Å². The van der Waals surface area contributed by atoms with Gasteiger partial charge in [-0.25, -0.2) is 0 Å². The van der Waals surface area contributed by atoms with Gasteiger partial charge in [-0.1, -0.05) is 12.1 Å². The van der Waals surface area contributed by atoms with E-state index in [4.69, 9.17) is 9.47 Å². The number of alkyl halides is 3. The number of carbonyl (C=O) groups is 1. The van der Waals surface area contributed by atoms with Crippen LogP contribution < -0.4 is 14.8 Å². The normalized spacial score (nSPS) is 11.0. The van der Waals surface area contributed by atoms with Crippen molar-refractivity contribution in [3.63, 3.8) is 0 Å². The molecule has 0 aliphatic rings. The molecule has 0 bridgehead atoms. The van der Waals surface area contributed by atoms with Gasteiger partial charge >= 0.3 is 18.2 Å². The van der Waals surface area contributed by atoms with Gasteiger partial charge in [0.05, 0.1) is 31.9 Å². The van der Waals surface area contributed by atoms with Crippen molar-refractivity contribution in [1.29, 1.82) is 0 Å². The van der Waals surface area contributed by atoms with E-state index in [0.717, 1.165) is 12.1 Å². The maximum atomic E-state index is 12.9. The monoisotopic (exact) mass is 342 g/mol. The first-order valence-electron chi connectivity index (χ1n) is 6.62. The Morgan fingerprint density at radius 2 is 1.67 bits per heavy atom. The Bertz CT molecular complexity index is 715. The van der Waals surface area contributed by atoms with E-state index < -0.39 is 23.2 Å². The summed E-state index contributed by atoms with van der Waals surface area (Å²) in [6.45, 7) is -0.222. The van der Waals surface area contributed by atoms with Crippen LogP contribution in [0.5, 0.6) is 12.0 Å². The number of hydrogen-bond donors (Lipinski definition) is 1. The molecule has 1 heterocycles. The number of rotatable bonds is 5. The number of methoxy groups -OCH3 is 2. The molecule has 1 N–H and O–H groups in total. The Hall–Kier alpha value is -2.91. The van der Waals surface area contributed by atoms with E-state index in [2.05, 4.69) is 20.3 Å². The minimum Gasteiger partial charge on any atom is -0.467 e. The van der Waals surface area contributed by atoms with Crippen LogP contribution in [0.1, 0.15) is 21.7 Å². The van der Waals surface area contributed by atoms with Gasteiger partial charge in [0.15, 0.2) is 5.82 Å². The lowest BCUT2D eigenvalue weighted by atomic mass is 10.1. The minimum atomic E-state index is -4.63. The van der Waals surface area contributed by atoms with Gasteiger partial charge in [-0.15, -0.1) is 4.98 Å². The fourth-order valence-electron chi connectivity index (χ4n) is 1.82. The lowest BCUT2D eigenvalue weighted by Gasteiger charge is -2.12. The van der Waals surface area contributed by atoms with Crippen LogP contribution in [0.2, 0.25) is 0 Å². The number of nitrogens with zero attached hydrogens (tertiary/aromatic N) is 3. The van der Waals surface area contributed by atoms with E-state index >= 15 is 0 Å². The topological polar surface area (TPSA) is 86.2 Å². The molecule has 0 aliphatic carbocycles. The fraction of sp³-hybridized carbons (Fsp3) is 0.286. The lowest BCUT2D eigenvalue weighted by molar-refractivity contribution is -0.137. The number of carbonyl (C=O) groups excluding carboxylic acids is 1. The molecule has 0 fully saturated rings. The second-order valence-corrected chi connectivity index (χ2v) is 4.45. The summed E-state index contributed by atoms with van der Waals surface area (Å²) in [4.78, 5) is 23.6. The van der Waals surface area contributed by atoms with E-state index in [1.165, 1.54) is 26.4 Å². The highest BCUT2D eigenvalue weighted by atomic mass is 19.4. The Morgan fingerprint density at radius 1 is 1.08 bits per heavy atom. The minimum absolute atomic E-state index is 0.0400. The van der Waals surface area contributed by atoms with Crippen molar-refractivity contribution in [2.75, 3.05) is 14.2 Å². The van der Waals surface area contributed by atoms with E-state index in [0.29, 0.717) is 0 Å². The predicted octanol–water partition coefficient (Wildman–Crippen LogP) is 1.84. The maximum Gasteiger partial charge on any atom is 0.417 e. The molecule has 0 unspecified atom stereocenters. The molecule has 10 heteroatoms. The Morgan fingerprint density at radius 3 is 2.21 bits per heavy atom. The van der Waals surface area contributed by atoms with Gasteiger partial charge in [0.1, 0.15) is 0 Å². The molecule has 1 aromatic carbocycles. The number of hydrogen-bond acceptors (Lipinski definition) is 6. The molecular weight excluding hydrogens is 329 g/mol. The third-order valence-corrected chi connectivity index (χ3v) is 2.89. The summed E-state index contributed by atoms with van der Waals surface area (Å²) in [6.07, 6.45) is -4.63. The van der Waals surface area contributed by atoms with Crippen molar-refractivity contribution >= 4 is 5.91 Å². The zero-order chi connectivity index (χ0) is 17.7. The summed E-state index contributed by atoms with van der Waals surface area (Å²) in [5.74, 6) is -0.821. The summed E-state index contributed by atoms with van der Waals surface area (Å²) >= 11 is 0. The molecule has 0 atom stereocenters. The van der Waals surface area contributed by atoms with Crippen LogP contribution in [0.25, 0.3) is 0 Å². The van der Waals surface area contributed by atoms with Gasteiger partial charge in [0, 0.05) is 0 Å². The number of ether oxygens (including phenoxy) is 2. The molecule has 24 heavy (non-hydrogen) atoms. The highest BCUT2D eigenvalue weighted by Gasteiger charge is 2.34. The molecule has 2 rings (SSSR count). The molecule has 0 spiro atoms. The highest BCUT2D eigenvalue weighted by Crippen LogP contribution is 2.31. The third-order valence-electron chi connectivity index (χ3n) is 2.89. The van der Waals surface area contributed by atoms with Crippen molar-refractivity contribution < 1.29 is 27.4 Å². The largest absolute Gasteiger partial charge is 0.467 e. The average Bonchev–Trinajstić information content (AvgIpc) is 2.58. The second kappa shape index (κ2) is 7.11. The summed E-state index contributed by atoms with van der Waals surface area (Å²) in [5.41, 5.74) is -1.51. The number of halogens is 3. The van der Waals surface area contributed by atoms with Crippen LogP contribution >= 0.6 is 0 Å². The zero-order valence-electron chi connectivity index (χ0n) is 12.7. The SMILES string of the molecule is COc1nc(CNC(=O)c2ccccc2C(F)(F)F)nc(OC)n1. The summed E-state index contributed by atoms with van der Waals surface area (Å²) in [7, 11) is 2.66. The van der Waals surface area contributed by atoms with Crippen molar-refractivity contribution in [3.8, 4) is 12.0 Å². The predicted molar refractivity (Wildman–Crippen MR) is 75.5 cm³/mol. The van der Waals surface area contributed by atoms with E-state index in [9.17, 15) is 18.0 Å². The van der Waals surface area contributed by atoms with Crippen LogP contribution in [0.15, 0.2) is 24.3 Å². The van der Waals surface area contributed by atoms with Crippen LogP contribution in [0.4, 0.5) is 13.2 Å². The Labute approximate surface area is 134 Å². The molecule has 0 saturated heterocycles. The molecular formula is C14H13F3N4O3. The number of nitrogens with one attached hydrogen (secondary N) is 1. The quantitative estimate of drug-likeness (QED) is 0.892. The maximum absolute atomic E-state index is 12.9. The van der Waals surface area contributed by atoms with Crippen molar-refractivity contribution in [2.24, 2.45) is 0 Å². The van der Waals surface area contributed by atoms with E-state index in [1.807, 2.05) is 0 Å². The standard InChI is InChI=1S/C14H13F3N4O3/c1-23-12-19-10(20-13(21-12)24-2)7-18-11(22)8-5-3-4-6-9(8)14(15,16)17/h3-6H,7H2,1-2H3,(H,18,22). The molecule has 0 radical (unpaired) electrons. The van der Waals surface area contributed by atoms with Crippen LogP contribution in [0, 0.1) is 0 Å². The Kier molecular flexibility index (Phi) is 5.17. The number of amides is 1. The lowest BCUT2D eigenvalue weighted by Crippen LogP contribution is -2.26. The highest BCUT2D eigenvalue weighted by molar-refractivity contribution is 5.95. The smallest absolute Gasteiger partial charge is 0.417 e. The molecule has 2 aromatic rings. The molecule has 1 aromatic heterocycles. The zero-order valence-corrected chi connectivity index (χ0v) is 12.7. The van der Waals surface area contributed by atoms with Gasteiger partial charge < -0.3 is 14.8 Å². The van der Waals surface area contributed by atoms with E-state index in [-0.39, 0.29) is 24.4 Å². The molecule has 128 valence electrons. The summed E-state index contributed by atoms with van der Waals surface area (Å²) < 4.78 is 48.5. The van der Waals surface area contributed by atoms with E-state index in [1.54, 1.807) is 0 Å². The second-order valence-electron chi connectivity index (χ2n) is 4.45. The third kappa shape index (κ3) is 4.09. The molecule has 7 nitrogen and oxygen atoms in total. The molecule has 0 aliphatic heterocycles. The van der Waals surface area contributed by atoms with Crippen LogP contribution in [-0.2, 0) is 12.7 Å². The summed E-state index contributed by atoms with van der Waals surface area (Å²) in [6, 6.07) is 4.40. The number of benzene rings is 1. The van der Waals surface area contributed by atoms with Crippen molar-refractivity contribution in [2.45, 2.75) is 12.7 Å². The average molecular weight is 342 g/mol. The number of aromatic nitrogens is 3. The van der Waals surface area contributed by atoms with Gasteiger partial charge in [-0.05, 0) is 12.1 Å². The van der Waals surface area contributed by atoms with Crippen LogP contribution in [0.3, 0.4) is 0 Å². The van der Waals surface area contributed by atoms with Crippen molar-refractivity contribution in [3.05, 3.63) is 41.2 Å².